The second-order valence-corrected chi connectivity index (χ2v) is 3.77. The Balaban J connectivity index is 2.97. The summed E-state index contributed by atoms with van der Waals surface area (Å²) in [4.78, 5) is 0. The van der Waals surface area contributed by atoms with Gasteiger partial charge in [-0.1, -0.05) is 17.5 Å². The van der Waals surface area contributed by atoms with E-state index in [0.29, 0.717) is 29.7 Å². The molecule has 1 aromatic carbocycles. The lowest BCUT2D eigenvalue weighted by atomic mass is 10.1. The molecule has 17 heavy (non-hydrogen) atoms. The fourth-order valence-corrected chi connectivity index (χ4v) is 1.69. The Morgan fingerprint density at radius 1 is 1.41 bits per heavy atom. The van der Waals surface area contributed by atoms with Gasteiger partial charge < -0.3 is 15.2 Å². The van der Waals surface area contributed by atoms with Gasteiger partial charge in [-0.05, 0) is 37.6 Å². The van der Waals surface area contributed by atoms with E-state index in [1.807, 2.05) is 12.1 Å². The molecule has 0 amide bonds. The highest BCUT2D eigenvalue weighted by atomic mass is 35.5. The van der Waals surface area contributed by atoms with Crippen molar-refractivity contribution >= 4 is 11.6 Å². The predicted molar refractivity (Wildman–Crippen MR) is 69.7 cm³/mol. The number of hydrogen-bond donors (Lipinski definition) is 1. The Kier molecular flexibility index (Phi) is 5.68. The van der Waals surface area contributed by atoms with Crippen LogP contribution in [0.15, 0.2) is 12.1 Å². The molecule has 0 aliphatic rings. The van der Waals surface area contributed by atoms with Crippen molar-refractivity contribution in [2.75, 3.05) is 20.3 Å². The zero-order valence-electron chi connectivity index (χ0n) is 10.0. The van der Waals surface area contributed by atoms with Gasteiger partial charge in [-0.25, -0.2) is 0 Å². The molecule has 0 fully saturated rings. The standard InChI is InChI=1S/C13H16ClNO2/c1-3-4-7-17-13-11(14)8-10(5-6-15)9-12(13)16-2/h8-9H,5-7,15H2,1-2H3. The first-order chi connectivity index (χ1) is 8.22. The molecular formula is C13H16ClNO2. The van der Waals surface area contributed by atoms with Crippen LogP contribution in [-0.4, -0.2) is 20.3 Å². The quantitative estimate of drug-likeness (QED) is 0.819. The van der Waals surface area contributed by atoms with Crippen LogP contribution >= 0.6 is 11.6 Å². The van der Waals surface area contributed by atoms with Crippen LogP contribution in [0.3, 0.4) is 0 Å². The van der Waals surface area contributed by atoms with Crippen LogP contribution in [0, 0.1) is 11.8 Å². The first-order valence-electron chi connectivity index (χ1n) is 5.31. The molecule has 0 aromatic heterocycles. The molecule has 0 aliphatic carbocycles. The van der Waals surface area contributed by atoms with Crippen LogP contribution in [-0.2, 0) is 6.42 Å². The Morgan fingerprint density at radius 2 is 2.18 bits per heavy atom. The van der Waals surface area contributed by atoms with Gasteiger partial charge in [0.05, 0.1) is 12.1 Å². The fourth-order valence-electron chi connectivity index (χ4n) is 1.40. The Labute approximate surface area is 107 Å². The van der Waals surface area contributed by atoms with Crippen molar-refractivity contribution in [1.82, 2.24) is 0 Å². The SMILES string of the molecule is CC#CCOc1c(Cl)cc(CCN)cc1OC. The summed E-state index contributed by atoms with van der Waals surface area (Å²) in [6, 6.07) is 3.72. The second-order valence-electron chi connectivity index (χ2n) is 3.36. The number of ether oxygens (including phenoxy) is 2. The summed E-state index contributed by atoms with van der Waals surface area (Å²) in [7, 11) is 1.58. The minimum Gasteiger partial charge on any atom is -0.493 e. The number of rotatable bonds is 5. The van der Waals surface area contributed by atoms with Gasteiger partial charge in [0.2, 0.25) is 0 Å². The predicted octanol–water partition coefficient (Wildman–Crippen LogP) is 2.25. The molecule has 92 valence electrons. The molecular weight excluding hydrogens is 238 g/mol. The van der Waals surface area contributed by atoms with Gasteiger partial charge in [-0.15, -0.1) is 5.92 Å². The highest BCUT2D eigenvalue weighted by Gasteiger charge is 2.11. The van der Waals surface area contributed by atoms with Gasteiger partial charge in [0.25, 0.3) is 0 Å². The Hall–Kier alpha value is -1.37. The van der Waals surface area contributed by atoms with Crippen molar-refractivity contribution < 1.29 is 9.47 Å². The van der Waals surface area contributed by atoms with Gasteiger partial charge >= 0.3 is 0 Å². The third-order valence-electron chi connectivity index (χ3n) is 2.19. The summed E-state index contributed by atoms with van der Waals surface area (Å²) >= 11 is 6.13. The molecule has 3 nitrogen and oxygen atoms in total. The molecule has 0 heterocycles. The van der Waals surface area contributed by atoms with Crippen molar-refractivity contribution in [3.63, 3.8) is 0 Å². The summed E-state index contributed by atoms with van der Waals surface area (Å²) in [6.07, 6.45) is 0.755. The van der Waals surface area contributed by atoms with Gasteiger partial charge in [0.1, 0.15) is 6.61 Å². The minimum atomic E-state index is 0.294. The molecule has 0 saturated heterocycles. The van der Waals surface area contributed by atoms with E-state index >= 15 is 0 Å². The van der Waals surface area contributed by atoms with Crippen LogP contribution in [0.1, 0.15) is 12.5 Å². The van der Waals surface area contributed by atoms with E-state index in [2.05, 4.69) is 11.8 Å². The highest BCUT2D eigenvalue weighted by Crippen LogP contribution is 2.36. The van der Waals surface area contributed by atoms with Crippen LogP contribution in [0.4, 0.5) is 0 Å². The minimum absolute atomic E-state index is 0.294. The van der Waals surface area contributed by atoms with E-state index in [4.69, 9.17) is 26.8 Å². The molecule has 0 radical (unpaired) electrons. The molecule has 4 heteroatoms. The van der Waals surface area contributed by atoms with E-state index in [1.165, 1.54) is 0 Å². The van der Waals surface area contributed by atoms with Crippen molar-refractivity contribution in [2.45, 2.75) is 13.3 Å². The zero-order chi connectivity index (χ0) is 12.7. The average Bonchev–Trinajstić information content (AvgIpc) is 2.32. The Bertz CT molecular complexity index is 435. The maximum atomic E-state index is 6.13. The van der Waals surface area contributed by atoms with Crippen LogP contribution in [0.2, 0.25) is 5.02 Å². The van der Waals surface area contributed by atoms with E-state index in [-0.39, 0.29) is 0 Å². The van der Waals surface area contributed by atoms with Crippen LogP contribution in [0.5, 0.6) is 11.5 Å². The summed E-state index contributed by atoms with van der Waals surface area (Å²) in [5, 5.41) is 0.519. The van der Waals surface area contributed by atoms with E-state index in [9.17, 15) is 0 Å². The van der Waals surface area contributed by atoms with E-state index in [0.717, 1.165) is 12.0 Å². The number of nitrogens with two attached hydrogens (primary N) is 1. The lowest BCUT2D eigenvalue weighted by Crippen LogP contribution is -2.04. The molecule has 0 aliphatic heterocycles. The van der Waals surface area contributed by atoms with Gasteiger partial charge in [-0.3, -0.25) is 0 Å². The van der Waals surface area contributed by atoms with Gasteiger partial charge in [0, 0.05) is 0 Å². The fraction of sp³-hybridized carbons (Fsp3) is 0.385. The molecule has 0 unspecified atom stereocenters. The van der Waals surface area contributed by atoms with E-state index < -0.39 is 0 Å². The lowest BCUT2D eigenvalue weighted by Gasteiger charge is -2.12. The topological polar surface area (TPSA) is 44.5 Å². The van der Waals surface area contributed by atoms with Crippen molar-refractivity contribution in [3.8, 4) is 23.3 Å². The third-order valence-corrected chi connectivity index (χ3v) is 2.47. The van der Waals surface area contributed by atoms with Gasteiger partial charge in [0.15, 0.2) is 11.5 Å². The van der Waals surface area contributed by atoms with Crippen LogP contribution < -0.4 is 15.2 Å². The summed E-state index contributed by atoms with van der Waals surface area (Å²) in [5.41, 5.74) is 6.54. The summed E-state index contributed by atoms with van der Waals surface area (Å²) in [6.45, 7) is 2.62. The van der Waals surface area contributed by atoms with E-state index in [1.54, 1.807) is 14.0 Å². The number of halogens is 1. The highest BCUT2D eigenvalue weighted by molar-refractivity contribution is 6.32. The van der Waals surface area contributed by atoms with Crippen molar-refractivity contribution in [2.24, 2.45) is 5.73 Å². The Morgan fingerprint density at radius 3 is 2.76 bits per heavy atom. The summed E-state index contributed by atoms with van der Waals surface area (Å²) in [5.74, 6) is 6.70. The molecule has 1 aromatic rings. The molecule has 2 N–H and O–H groups in total. The largest absolute Gasteiger partial charge is 0.493 e. The molecule has 0 atom stereocenters. The normalized spacial score (nSPS) is 9.41. The smallest absolute Gasteiger partial charge is 0.181 e. The number of benzene rings is 1. The first kappa shape index (κ1) is 13.7. The lowest BCUT2D eigenvalue weighted by molar-refractivity contribution is 0.331. The average molecular weight is 254 g/mol. The summed E-state index contributed by atoms with van der Waals surface area (Å²) < 4.78 is 10.7. The first-order valence-corrected chi connectivity index (χ1v) is 5.69. The maximum absolute atomic E-state index is 6.13. The third kappa shape index (κ3) is 3.85. The second kappa shape index (κ2) is 7.05. The van der Waals surface area contributed by atoms with Crippen LogP contribution in [0.25, 0.3) is 0 Å². The van der Waals surface area contributed by atoms with Crippen molar-refractivity contribution in [3.05, 3.63) is 22.7 Å². The van der Waals surface area contributed by atoms with Crippen molar-refractivity contribution in [1.29, 1.82) is 0 Å². The monoisotopic (exact) mass is 253 g/mol. The number of methoxy groups -OCH3 is 1. The number of hydrogen-bond acceptors (Lipinski definition) is 3. The maximum Gasteiger partial charge on any atom is 0.181 e. The zero-order valence-corrected chi connectivity index (χ0v) is 10.8. The molecule has 0 saturated carbocycles. The van der Waals surface area contributed by atoms with Gasteiger partial charge in [-0.2, -0.15) is 0 Å². The molecule has 1 rings (SSSR count). The molecule has 0 spiro atoms. The molecule has 0 bridgehead atoms.